The maximum absolute atomic E-state index is 12.6. The van der Waals surface area contributed by atoms with Gasteiger partial charge < -0.3 is 4.74 Å². The van der Waals surface area contributed by atoms with Crippen LogP contribution >= 0.6 is 15.9 Å². The largest absolute Gasteiger partial charge is 0.462 e. The lowest BCUT2D eigenvalue weighted by molar-refractivity contribution is 0.0523. The summed E-state index contributed by atoms with van der Waals surface area (Å²) in [4.78, 5) is 15.1. The summed E-state index contributed by atoms with van der Waals surface area (Å²) >= 11 is 3.09. The zero-order chi connectivity index (χ0) is 12.3. The van der Waals surface area contributed by atoms with Gasteiger partial charge in [0, 0.05) is 6.20 Å². The first kappa shape index (κ1) is 13.0. The van der Waals surface area contributed by atoms with E-state index in [0.29, 0.717) is 4.47 Å². The fourth-order valence-corrected chi connectivity index (χ4v) is 1.83. The number of halogens is 3. The van der Waals surface area contributed by atoms with Gasteiger partial charge in [-0.25, -0.2) is 13.6 Å². The molecule has 0 fully saturated rings. The SMILES string of the molecule is CCOC(=O)c1c(Br)cnc(C(F)F)c1C. The molecule has 0 amide bonds. The predicted molar refractivity (Wildman–Crippen MR) is 57.6 cm³/mol. The molecule has 0 N–H and O–H groups in total. The number of esters is 1. The smallest absolute Gasteiger partial charge is 0.339 e. The van der Waals surface area contributed by atoms with Gasteiger partial charge in [0.25, 0.3) is 6.43 Å². The molecule has 3 nitrogen and oxygen atoms in total. The molecule has 0 aliphatic rings. The van der Waals surface area contributed by atoms with Crippen LogP contribution in [0.4, 0.5) is 8.78 Å². The van der Waals surface area contributed by atoms with Gasteiger partial charge in [-0.3, -0.25) is 4.98 Å². The Bertz CT molecular complexity index is 410. The van der Waals surface area contributed by atoms with Gasteiger partial charge in [0.05, 0.1) is 16.6 Å². The molecule has 1 rings (SSSR count). The Balaban J connectivity index is 3.26. The molecule has 0 unspecified atom stereocenters. The number of carbonyl (C=O) groups is 1. The first-order chi connectivity index (χ1) is 7.49. The molecule has 0 atom stereocenters. The number of hydrogen-bond acceptors (Lipinski definition) is 3. The first-order valence-electron chi connectivity index (χ1n) is 4.59. The summed E-state index contributed by atoms with van der Waals surface area (Å²) in [5.74, 6) is -0.629. The quantitative estimate of drug-likeness (QED) is 0.803. The molecule has 0 bridgehead atoms. The summed E-state index contributed by atoms with van der Waals surface area (Å²) in [6.45, 7) is 3.26. The Morgan fingerprint density at radius 1 is 1.62 bits per heavy atom. The van der Waals surface area contributed by atoms with E-state index in [-0.39, 0.29) is 17.7 Å². The van der Waals surface area contributed by atoms with Gasteiger partial charge in [-0.05, 0) is 35.3 Å². The second-order valence-electron chi connectivity index (χ2n) is 3.01. The van der Waals surface area contributed by atoms with Crippen molar-refractivity contribution in [3.05, 3.63) is 27.5 Å². The molecular weight excluding hydrogens is 284 g/mol. The number of hydrogen-bond donors (Lipinski definition) is 0. The van der Waals surface area contributed by atoms with Gasteiger partial charge in [-0.15, -0.1) is 0 Å². The molecule has 0 spiro atoms. The van der Waals surface area contributed by atoms with Gasteiger partial charge in [0.15, 0.2) is 0 Å². The minimum absolute atomic E-state index is 0.104. The highest BCUT2D eigenvalue weighted by atomic mass is 79.9. The summed E-state index contributed by atoms with van der Waals surface area (Å²) in [7, 11) is 0. The van der Waals surface area contributed by atoms with Crippen LogP contribution in [0.3, 0.4) is 0 Å². The third-order valence-electron chi connectivity index (χ3n) is 2.00. The second-order valence-corrected chi connectivity index (χ2v) is 3.87. The van der Waals surface area contributed by atoms with E-state index in [1.165, 1.54) is 13.1 Å². The number of pyridine rings is 1. The van der Waals surface area contributed by atoms with Gasteiger partial charge >= 0.3 is 5.97 Å². The van der Waals surface area contributed by atoms with E-state index in [2.05, 4.69) is 20.9 Å². The summed E-state index contributed by atoms with van der Waals surface area (Å²) in [6, 6.07) is 0. The molecule has 0 aliphatic carbocycles. The Labute approximate surface area is 99.9 Å². The molecule has 1 heterocycles. The van der Waals surface area contributed by atoms with E-state index >= 15 is 0 Å². The average molecular weight is 294 g/mol. The fraction of sp³-hybridized carbons (Fsp3) is 0.400. The van der Waals surface area contributed by atoms with E-state index in [4.69, 9.17) is 4.74 Å². The Kier molecular flexibility index (Phi) is 4.35. The molecule has 88 valence electrons. The van der Waals surface area contributed by atoms with Crippen molar-refractivity contribution in [1.82, 2.24) is 4.98 Å². The summed E-state index contributed by atoms with van der Waals surface area (Å²) in [6.07, 6.45) is -1.53. The van der Waals surface area contributed by atoms with Crippen molar-refractivity contribution in [3.8, 4) is 0 Å². The molecular formula is C10H10BrF2NO2. The monoisotopic (exact) mass is 293 g/mol. The van der Waals surface area contributed by atoms with Gasteiger partial charge in [0.1, 0.15) is 5.69 Å². The highest BCUT2D eigenvalue weighted by Crippen LogP contribution is 2.27. The van der Waals surface area contributed by atoms with Crippen LogP contribution in [0.5, 0.6) is 0 Å². The van der Waals surface area contributed by atoms with E-state index in [1.54, 1.807) is 6.92 Å². The van der Waals surface area contributed by atoms with Crippen molar-refractivity contribution in [1.29, 1.82) is 0 Å². The molecule has 6 heteroatoms. The topological polar surface area (TPSA) is 39.2 Å². The summed E-state index contributed by atoms with van der Waals surface area (Å²) < 4.78 is 30.3. The normalized spacial score (nSPS) is 10.6. The van der Waals surface area contributed by atoms with Crippen molar-refractivity contribution < 1.29 is 18.3 Å². The highest BCUT2D eigenvalue weighted by molar-refractivity contribution is 9.10. The van der Waals surface area contributed by atoms with Crippen LogP contribution in [0.15, 0.2) is 10.7 Å². The molecule has 0 saturated heterocycles. The van der Waals surface area contributed by atoms with E-state index in [9.17, 15) is 13.6 Å². The number of alkyl halides is 2. The predicted octanol–water partition coefficient (Wildman–Crippen LogP) is 3.27. The lowest BCUT2D eigenvalue weighted by atomic mass is 10.1. The molecule has 0 radical (unpaired) electrons. The Morgan fingerprint density at radius 2 is 2.25 bits per heavy atom. The van der Waals surface area contributed by atoms with E-state index in [0.717, 1.165) is 0 Å². The fourth-order valence-electron chi connectivity index (χ4n) is 1.27. The number of rotatable bonds is 3. The zero-order valence-electron chi connectivity index (χ0n) is 8.76. The van der Waals surface area contributed by atoms with Crippen LogP contribution in [0.2, 0.25) is 0 Å². The Morgan fingerprint density at radius 3 is 2.75 bits per heavy atom. The maximum atomic E-state index is 12.6. The van der Waals surface area contributed by atoms with Crippen LogP contribution in [0, 0.1) is 6.92 Å². The third kappa shape index (κ3) is 2.55. The number of ether oxygens (including phenoxy) is 1. The van der Waals surface area contributed by atoms with Crippen LogP contribution in [0.1, 0.15) is 35.0 Å². The molecule has 0 aromatic carbocycles. The lowest BCUT2D eigenvalue weighted by Crippen LogP contribution is -2.10. The minimum Gasteiger partial charge on any atom is -0.462 e. The molecule has 1 aromatic rings. The summed E-state index contributed by atoms with van der Waals surface area (Å²) in [5, 5.41) is 0. The summed E-state index contributed by atoms with van der Waals surface area (Å²) in [5.41, 5.74) is -0.152. The van der Waals surface area contributed by atoms with Crippen molar-refractivity contribution >= 4 is 21.9 Å². The maximum Gasteiger partial charge on any atom is 0.339 e. The van der Waals surface area contributed by atoms with E-state index < -0.39 is 18.1 Å². The van der Waals surface area contributed by atoms with Crippen molar-refractivity contribution in [3.63, 3.8) is 0 Å². The van der Waals surface area contributed by atoms with Gasteiger partial charge in [0.2, 0.25) is 0 Å². The van der Waals surface area contributed by atoms with Crippen LogP contribution in [0.25, 0.3) is 0 Å². The number of nitrogens with zero attached hydrogens (tertiary/aromatic N) is 1. The van der Waals surface area contributed by atoms with E-state index in [1.807, 2.05) is 0 Å². The molecule has 16 heavy (non-hydrogen) atoms. The molecule has 0 saturated carbocycles. The van der Waals surface area contributed by atoms with Gasteiger partial charge in [-0.2, -0.15) is 0 Å². The zero-order valence-corrected chi connectivity index (χ0v) is 10.3. The highest BCUT2D eigenvalue weighted by Gasteiger charge is 2.22. The van der Waals surface area contributed by atoms with Crippen LogP contribution < -0.4 is 0 Å². The van der Waals surface area contributed by atoms with Crippen LogP contribution in [-0.2, 0) is 4.74 Å². The standard InChI is InChI=1S/C10H10BrF2NO2/c1-3-16-10(15)7-5(2)8(9(12)13)14-4-6(7)11/h4,9H,3H2,1-2H3. The average Bonchev–Trinajstić information content (AvgIpc) is 2.17. The Hall–Kier alpha value is -1.04. The van der Waals surface area contributed by atoms with Crippen LogP contribution in [-0.4, -0.2) is 17.6 Å². The second kappa shape index (κ2) is 5.34. The number of carbonyl (C=O) groups excluding carboxylic acids is 1. The van der Waals surface area contributed by atoms with Gasteiger partial charge in [-0.1, -0.05) is 0 Å². The number of aromatic nitrogens is 1. The molecule has 0 aliphatic heterocycles. The molecule has 1 aromatic heterocycles. The minimum atomic E-state index is -2.71. The first-order valence-corrected chi connectivity index (χ1v) is 5.38. The van der Waals surface area contributed by atoms with Crippen molar-refractivity contribution in [2.75, 3.05) is 6.61 Å². The van der Waals surface area contributed by atoms with Crippen molar-refractivity contribution in [2.45, 2.75) is 20.3 Å². The third-order valence-corrected chi connectivity index (χ3v) is 2.60. The lowest BCUT2D eigenvalue weighted by Gasteiger charge is -2.10. The van der Waals surface area contributed by atoms with Crippen molar-refractivity contribution in [2.24, 2.45) is 0 Å².